The predicted molar refractivity (Wildman–Crippen MR) is 101 cm³/mol. The van der Waals surface area contributed by atoms with Crippen LogP contribution in [0.3, 0.4) is 0 Å². The van der Waals surface area contributed by atoms with Gasteiger partial charge in [-0.2, -0.15) is 0 Å². The van der Waals surface area contributed by atoms with Crippen LogP contribution >= 0.6 is 0 Å². The van der Waals surface area contributed by atoms with E-state index in [2.05, 4.69) is 13.8 Å². The van der Waals surface area contributed by atoms with Crippen molar-refractivity contribution in [3.05, 3.63) is 0 Å². The van der Waals surface area contributed by atoms with E-state index in [9.17, 15) is 20.1 Å². The highest BCUT2D eigenvalue weighted by molar-refractivity contribution is 5.66. The minimum Gasteiger partial charge on any atom is -0.481 e. The molecule has 0 aliphatic heterocycles. The van der Waals surface area contributed by atoms with Gasteiger partial charge >= 0.3 is 5.97 Å². The molecule has 0 spiro atoms. The molecule has 154 valence electrons. The Kier molecular flexibility index (Phi) is 4.88. The van der Waals surface area contributed by atoms with Crippen LogP contribution in [0.5, 0.6) is 0 Å². The van der Waals surface area contributed by atoms with Crippen molar-refractivity contribution in [2.24, 2.45) is 40.4 Å². The SMILES string of the molecule is C[C@]12CC[C@H](O)C[C@@H]1C[C@H](O)[C@@H]1[C@@H]2C[C@@H](O)[C@]2(C)[C@@H](CCC(=O)O)CC[C@@H]12. The first-order valence-electron chi connectivity index (χ1n) is 10.9. The number of carboxylic acid groups (broad SMARTS) is 1. The molecule has 4 saturated carbocycles. The van der Waals surface area contributed by atoms with Crippen molar-refractivity contribution < 1.29 is 25.2 Å². The molecule has 4 rings (SSSR count). The van der Waals surface area contributed by atoms with Crippen molar-refractivity contribution in [3.63, 3.8) is 0 Å². The smallest absolute Gasteiger partial charge is 0.303 e. The summed E-state index contributed by atoms with van der Waals surface area (Å²) in [5, 5.41) is 41.7. The Labute approximate surface area is 162 Å². The van der Waals surface area contributed by atoms with Crippen LogP contribution in [0.2, 0.25) is 0 Å². The zero-order chi connectivity index (χ0) is 19.6. The van der Waals surface area contributed by atoms with Crippen LogP contribution in [0, 0.1) is 40.4 Å². The largest absolute Gasteiger partial charge is 0.481 e. The molecule has 0 aromatic carbocycles. The molecule has 4 aliphatic carbocycles. The zero-order valence-electron chi connectivity index (χ0n) is 16.7. The average Bonchev–Trinajstić information content (AvgIpc) is 2.93. The van der Waals surface area contributed by atoms with Crippen molar-refractivity contribution in [1.29, 1.82) is 0 Å². The molecule has 0 amide bonds. The fourth-order valence-corrected chi connectivity index (χ4v) is 8.06. The molecule has 5 heteroatoms. The summed E-state index contributed by atoms with van der Waals surface area (Å²) in [5.74, 6) is 0.553. The highest BCUT2D eigenvalue weighted by atomic mass is 16.4. The molecule has 4 aliphatic rings. The second-order valence-electron chi connectivity index (χ2n) is 10.5. The van der Waals surface area contributed by atoms with Crippen molar-refractivity contribution in [1.82, 2.24) is 0 Å². The summed E-state index contributed by atoms with van der Waals surface area (Å²) >= 11 is 0. The van der Waals surface area contributed by atoms with E-state index in [-0.39, 0.29) is 47.2 Å². The Morgan fingerprint density at radius 1 is 1.00 bits per heavy atom. The normalized spacial score (nSPS) is 54.7. The second-order valence-corrected chi connectivity index (χ2v) is 10.5. The van der Waals surface area contributed by atoms with E-state index in [1.165, 1.54) is 0 Å². The van der Waals surface area contributed by atoms with E-state index >= 15 is 0 Å². The molecule has 0 bridgehead atoms. The highest BCUT2D eigenvalue weighted by Gasteiger charge is 2.65. The molecular weight excluding hydrogens is 344 g/mol. The van der Waals surface area contributed by atoms with E-state index in [1.807, 2.05) is 0 Å². The van der Waals surface area contributed by atoms with Gasteiger partial charge in [-0.1, -0.05) is 13.8 Å². The maximum absolute atomic E-state index is 11.3. The number of carbonyl (C=O) groups is 1. The third-order valence-corrected chi connectivity index (χ3v) is 9.66. The molecular formula is C22H36O5. The number of hydrogen-bond acceptors (Lipinski definition) is 4. The number of fused-ring (bicyclic) bond motifs is 5. The Morgan fingerprint density at radius 2 is 1.74 bits per heavy atom. The monoisotopic (exact) mass is 380 g/mol. The maximum Gasteiger partial charge on any atom is 0.303 e. The standard InChI is InChI=1S/C22H36O5/c1-21-8-7-14(23)9-13(21)10-17(24)20-15-5-3-12(4-6-19(26)27)22(15,2)18(25)11-16(20)21/h12-18,20,23-25H,3-11H2,1-2H3,(H,26,27)/t12-,13-,14+,15+,16+,17+,18-,20+,21+,22-/m1/s1. The van der Waals surface area contributed by atoms with Crippen molar-refractivity contribution >= 4 is 5.97 Å². The summed E-state index contributed by atoms with van der Waals surface area (Å²) in [4.78, 5) is 11.1. The van der Waals surface area contributed by atoms with Crippen LogP contribution in [0.1, 0.15) is 71.6 Å². The summed E-state index contributed by atoms with van der Waals surface area (Å²) in [6.45, 7) is 4.49. The minimum absolute atomic E-state index is 0.0879. The molecule has 0 radical (unpaired) electrons. The van der Waals surface area contributed by atoms with Gasteiger partial charge in [0.15, 0.2) is 0 Å². The van der Waals surface area contributed by atoms with Gasteiger partial charge in [0, 0.05) is 6.42 Å². The molecule has 0 saturated heterocycles. The molecule has 5 nitrogen and oxygen atoms in total. The molecule has 27 heavy (non-hydrogen) atoms. The van der Waals surface area contributed by atoms with Gasteiger partial charge in [0.05, 0.1) is 18.3 Å². The molecule has 4 fully saturated rings. The summed E-state index contributed by atoms with van der Waals surface area (Å²) in [6.07, 6.45) is 5.73. The third kappa shape index (κ3) is 2.87. The highest BCUT2D eigenvalue weighted by Crippen LogP contribution is 2.67. The molecule has 0 aromatic rings. The topological polar surface area (TPSA) is 98.0 Å². The fourth-order valence-electron chi connectivity index (χ4n) is 8.06. The van der Waals surface area contributed by atoms with Gasteiger partial charge < -0.3 is 20.4 Å². The first-order chi connectivity index (χ1) is 12.7. The Hall–Kier alpha value is -0.650. The number of aliphatic hydroxyl groups excluding tert-OH is 3. The number of hydrogen-bond donors (Lipinski definition) is 4. The van der Waals surface area contributed by atoms with Gasteiger partial charge in [-0.25, -0.2) is 0 Å². The van der Waals surface area contributed by atoms with E-state index in [1.54, 1.807) is 0 Å². The summed E-state index contributed by atoms with van der Waals surface area (Å²) in [7, 11) is 0. The molecule has 0 aromatic heterocycles. The molecule has 4 N–H and O–H groups in total. The summed E-state index contributed by atoms with van der Waals surface area (Å²) in [6, 6.07) is 0. The minimum atomic E-state index is -0.765. The number of aliphatic hydroxyl groups is 3. The number of aliphatic carboxylic acids is 1. The Morgan fingerprint density at radius 3 is 2.44 bits per heavy atom. The van der Waals surface area contributed by atoms with E-state index in [0.29, 0.717) is 24.7 Å². The van der Waals surface area contributed by atoms with E-state index < -0.39 is 12.1 Å². The fraction of sp³-hybridized carbons (Fsp3) is 0.955. The first-order valence-corrected chi connectivity index (χ1v) is 10.9. The van der Waals surface area contributed by atoms with Crippen LogP contribution < -0.4 is 0 Å². The molecule has 0 heterocycles. The maximum atomic E-state index is 11.3. The van der Waals surface area contributed by atoms with Gasteiger partial charge in [-0.05, 0) is 91.8 Å². The Bertz CT molecular complexity index is 593. The lowest BCUT2D eigenvalue weighted by atomic mass is 9.43. The van der Waals surface area contributed by atoms with E-state index in [4.69, 9.17) is 5.11 Å². The lowest BCUT2D eigenvalue weighted by molar-refractivity contribution is -0.204. The van der Waals surface area contributed by atoms with Crippen LogP contribution in [-0.4, -0.2) is 44.7 Å². The Balaban J connectivity index is 1.63. The third-order valence-electron chi connectivity index (χ3n) is 9.66. The van der Waals surface area contributed by atoms with Gasteiger partial charge in [-0.3, -0.25) is 4.79 Å². The number of carboxylic acids is 1. The van der Waals surface area contributed by atoms with Gasteiger partial charge in [0.25, 0.3) is 0 Å². The van der Waals surface area contributed by atoms with Gasteiger partial charge in [-0.15, -0.1) is 0 Å². The first kappa shape index (κ1) is 19.7. The lowest BCUT2D eigenvalue weighted by Gasteiger charge is -2.63. The van der Waals surface area contributed by atoms with Gasteiger partial charge in [0.1, 0.15) is 0 Å². The van der Waals surface area contributed by atoms with Crippen molar-refractivity contribution in [2.75, 3.05) is 0 Å². The summed E-state index contributed by atoms with van der Waals surface area (Å²) in [5.41, 5.74) is -0.195. The van der Waals surface area contributed by atoms with Crippen molar-refractivity contribution in [3.8, 4) is 0 Å². The van der Waals surface area contributed by atoms with Crippen LogP contribution in [-0.2, 0) is 4.79 Å². The zero-order valence-corrected chi connectivity index (χ0v) is 16.7. The van der Waals surface area contributed by atoms with Crippen molar-refractivity contribution in [2.45, 2.75) is 89.9 Å². The van der Waals surface area contributed by atoms with E-state index in [0.717, 1.165) is 38.5 Å². The average molecular weight is 381 g/mol. The summed E-state index contributed by atoms with van der Waals surface area (Å²) < 4.78 is 0. The quantitative estimate of drug-likeness (QED) is 0.604. The van der Waals surface area contributed by atoms with Crippen LogP contribution in [0.4, 0.5) is 0 Å². The molecule has 0 unspecified atom stereocenters. The van der Waals surface area contributed by atoms with Gasteiger partial charge in [0.2, 0.25) is 0 Å². The predicted octanol–water partition coefficient (Wildman–Crippen LogP) is 2.81. The van der Waals surface area contributed by atoms with Crippen LogP contribution in [0.25, 0.3) is 0 Å². The van der Waals surface area contributed by atoms with Crippen LogP contribution in [0.15, 0.2) is 0 Å². The second kappa shape index (κ2) is 6.70. The number of rotatable bonds is 3. The molecule has 10 atom stereocenters. The lowest BCUT2D eigenvalue weighted by Crippen LogP contribution is -2.62.